The van der Waals surface area contributed by atoms with Crippen molar-refractivity contribution in [3.8, 4) is 0 Å². The van der Waals surface area contributed by atoms with E-state index in [9.17, 15) is 4.79 Å². The highest BCUT2D eigenvalue weighted by atomic mass is 35.5. The van der Waals surface area contributed by atoms with Gasteiger partial charge in [0.1, 0.15) is 17.2 Å². The van der Waals surface area contributed by atoms with Gasteiger partial charge in [0.2, 0.25) is 0 Å². The minimum Gasteiger partial charge on any atom is -0.467 e. The zero-order valence-electron chi connectivity index (χ0n) is 13.6. The highest BCUT2D eigenvalue weighted by Gasteiger charge is 2.17. The van der Waals surface area contributed by atoms with E-state index < -0.39 is 0 Å². The number of rotatable bonds is 5. The summed E-state index contributed by atoms with van der Waals surface area (Å²) in [5, 5.41) is 0.440. The summed E-state index contributed by atoms with van der Waals surface area (Å²) in [5.41, 5.74) is 1.48. The van der Waals surface area contributed by atoms with E-state index in [0.29, 0.717) is 23.8 Å². The maximum atomic E-state index is 12.5. The maximum absolute atomic E-state index is 12.5. The fourth-order valence-corrected chi connectivity index (χ4v) is 2.73. The second-order valence-electron chi connectivity index (χ2n) is 5.84. The Morgan fingerprint density at radius 1 is 1.38 bits per heavy atom. The lowest BCUT2D eigenvalue weighted by Crippen LogP contribution is -2.35. The number of amides is 1. The third-order valence-electron chi connectivity index (χ3n) is 3.94. The number of aromatic nitrogens is 1. The minimum absolute atomic E-state index is 0.0815. The molecule has 6 nitrogen and oxygen atoms in total. The average Bonchev–Trinajstić information content (AvgIpc) is 3.05. The largest absolute Gasteiger partial charge is 0.467 e. The number of pyridine rings is 1. The van der Waals surface area contributed by atoms with Crippen LogP contribution < -0.4 is 0 Å². The Kier molecular flexibility index (Phi) is 5.50. The van der Waals surface area contributed by atoms with Gasteiger partial charge in [0.15, 0.2) is 0 Å². The Balaban J connectivity index is 1.58. The van der Waals surface area contributed by atoms with Crippen molar-refractivity contribution in [3.05, 3.63) is 52.7 Å². The van der Waals surface area contributed by atoms with Crippen LogP contribution >= 0.6 is 11.6 Å². The molecule has 0 radical (unpaired) electrons. The van der Waals surface area contributed by atoms with Crippen LogP contribution in [0.5, 0.6) is 0 Å². The van der Waals surface area contributed by atoms with Gasteiger partial charge in [-0.15, -0.1) is 0 Å². The molecule has 1 aliphatic rings. The predicted molar refractivity (Wildman–Crippen MR) is 89.8 cm³/mol. The number of nitrogens with zero attached hydrogens (tertiary/aromatic N) is 3. The molecule has 1 aliphatic heterocycles. The number of furan rings is 1. The Bertz CT molecular complexity index is 681. The van der Waals surface area contributed by atoms with E-state index in [1.54, 1.807) is 24.2 Å². The molecule has 2 aromatic rings. The molecule has 128 valence electrons. The van der Waals surface area contributed by atoms with Crippen LogP contribution in [-0.4, -0.2) is 54.0 Å². The Labute approximate surface area is 146 Å². The van der Waals surface area contributed by atoms with E-state index in [4.69, 9.17) is 20.8 Å². The van der Waals surface area contributed by atoms with Gasteiger partial charge in [0, 0.05) is 32.9 Å². The van der Waals surface area contributed by atoms with Crippen LogP contribution in [-0.2, 0) is 17.8 Å². The lowest BCUT2D eigenvalue weighted by molar-refractivity contribution is 0.0313. The monoisotopic (exact) mass is 349 g/mol. The fraction of sp³-hybridized carbons (Fsp3) is 0.412. The van der Waals surface area contributed by atoms with Crippen molar-refractivity contribution in [3.63, 3.8) is 0 Å². The van der Waals surface area contributed by atoms with Gasteiger partial charge in [-0.3, -0.25) is 9.69 Å². The first-order valence-electron chi connectivity index (χ1n) is 7.85. The summed E-state index contributed by atoms with van der Waals surface area (Å²) < 4.78 is 10.9. The molecular weight excluding hydrogens is 330 g/mol. The highest BCUT2D eigenvalue weighted by Crippen LogP contribution is 2.15. The van der Waals surface area contributed by atoms with E-state index in [2.05, 4.69) is 9.88 Å². The van der Waals surface area contributed by atoms with Crippen molar-refractivity contribution in [2.45, 2.75) is 13.1 Å². The van der Waals surface area contributed by atoms with Crippen molar-refractivity contribution >= 4 is 17.5 Å². The Morgan fingerprint density at radius 2 is 2.17 bits per heavy atom. The predicted octanol–water partition coefficient (Wildman–Crippen LogP) is 2.43. The summed E-state index contributed by atoms with van der Waals surface area (Å²) in [7, 11) is 1.76. The first-order valence-corrected chi connectivity index (χ1v) is 8.23. The van der Waals surface area contributed by atoms with E-state index >= 15 is 0 Å². The summed E-state index contributed by atoms with van der Waals surface area (Å²) in [5.74, 6) is 0.712. The van der Waals surface area contributed by atoms with Crippen molar-refractivity contribution in [2.75, 3.05) is 33.4 Å². The van der Waals surface area contributed by atoms with Gasteiger partial charge < -0.3 is 14.1 Å². The smallest absolute Gasteiger partial charge is 0.257 e. The average molecular weight is 350 g/mol. The van der Waals surface area contributed by atoms with Crippen LogP contribution in [0.15, 0.2) is 35.1 Å². The topological polar surface area (TPSA) is 58.8 Å². The highest BCUT2D eigenvalue weighted by molar-refractivity contribution is 6.29. The van der Waals surface area contributed by atoms with Crippen LogP contribution in [0.4, 0.5) is 0 Å². The second-order valence-corrected chi connectivity index (χ2v) is 6.23. The number of carbonyl (C=O) groups is 1. The van der Waals surface area contributed by atoms with E-state index in [-0.39, 0.29) is 5.91 Å². The zero-order valence-corrected chi connectivity index (χ0v) is 14.3. The molecule has 0 saturated carbocycles. The summed E-state index contributed by atoms with van der Waals surface area (Å²) in [6.45, 7) is 4.41. The molecule has 0 unspecified atom stereocenters. The van der Waals surface area contributed by atoms with Crippen LogP contribution in [0.1, 0.15) is 21.7 Å². The molecular formula is C17H20ClN3O3. The lowest BCUT2D eigenvalue weighted by Gasteiger charge is -2.25. The van der Waals surface area contributed by atoms with Gasteiger partial charge in [-0.1, -0.05) is 17.7 Å². The van der Waals surface area contributed by atoms with Crippen LogP contribution in [0, 0.1) is 0 Å². The molecule has 7 heteroatoms. The normalized spacial score (nSPS) is 15.4. The van der Waals surface area contributed by atoms with Gasteiger partial charge >= 0.3 is 0 Å². The van der Waals surface area contributed by atoms with Crippen LogP contribution in [0.25, 0.3) is 0 Å². The molecule has 1 fully saturated rings. The summed E-state index contributed by atoms with van der Waals surface area (Å²) in [6.07, 6.45) is 3.19. The summed E-state index contributed by atoms with van der Waals surface area (Å²) >= 11 is 5.77. The molecule has 1 saturated heterocycles. The van der Waals surface area contributed by atoms with E-state index in [1.807, 2.05) is 12.1 Å². The molecule has 0 aromatic carbocycles. The molecule has 1 amide bonds. The molecule has 2 aromatic heterocycles. The SMILES string of the molecule is CN(Cc1ccc(Cl)nc1)C(=O)c1coc(CN2CCOCC2)c1. The maximum Gasteiger partial charge on any atom is 0.257 e. The van der Waals surface area contributed by atoms with Gasteiger partial charge in [-0.2, -0.15) is 0 Å². The van der Waals surface area contributed by atoms with Crippen molar-refractivity contribution in [1.29, 1.82) is 0 Å². The molecule has 0 N–H and O–H groups in total. The van der Waals surface area contributed by atoms with Crippen molar-refractivity contribution < 1.29 is 13.9 Å². The third kappa shape index (κ3) is 4.35. The molecule has 0 spiro atoms. The fourth-order valence-electron chi connectivity index (χ4n) is 2.62. The lowest BCUT2D eigenvalue weighted by atomic mass is 10.2. The first kappa shape index (κ1) is 17.0. The zero-order chi connectivity index (χ0) is 16.9. The summed E-state index contributed by atoms with van der Waals surface area (Å²) in [6, 6.07) is 5.39. The van der Waals surface area contributed by atoms with Crippen LogP contribution in [0.3, 0.4) is 0 Å². The van der Waals surface area contributed by atoms with Crippen LogP contribution in [0.2, 0.25) is 5.15 Å². The number of halogens is 1. The number of hydrogen-bond donors (Lipinski definition) is 0. The minimum atomic E-state index is -0.0815. The molecule has 0 bridgehead atoms. The third-order valence-corrected chi connectivity index (χ3v) is 4.16. The summed E-state index contributed by atoms with van der Waals surface area (Å²) in [4.78, 5) is 20.4. The quantitative estimate of drug-likeness (QED) is 0.776. The number of ether oxygens (including phenoxy) is 1. The number of carbonyl (C=O) groups excluding carboxylic acids is 1. The van der Waals surface area contributed by atoms with Gasteiger partial charge in [0.25, 0.3) is 5.91 Å². The first-order chi connectivity index (χ1) is 11.6. The van der Waals surface area contributed by atoms with Gasteiger partial charge in [-0.25, -0.2) is 4.98 Å². The number of morpholine rings is 1. The Hall–Kier alpha value is -1.89. The molecule has 0 atom stereocenters. The molecule has 24 heavy (non-hydrogen) atoms. The molecule has 3 rings (SSSR count). The Morgan fingerprint density at radius 3 is 2.88 bits per heavy atom. The van der Waals surface area contributed by atoms with Crippen molar-refractivity contribution in [1.82, 2.24) is 14.8 Å². The molecule has 3 heterocycles. The molecule has 0 aliphatic carbocycles. The second kappa shape index (κ2) is 7.79. The van der Waals surface area contributed by atoms with Gasteiger partial charge in [-0.05, 0) is 17.7 Å². The van der Waals surface area contributed by atoms with E-state index in [1.165, 1.54) is 6.26 Å². The standard InChI is InChI=1S/C17H20ClN3O3/c1-20(10-13-2-3-16(18)19-9-13)17(22)14-8-15(24-12-14)11-21-4-6-23-7-5-21/h2-3,8-9,12H,4-7,10-11H2,1H3. The van der Waals surface area contributed by atoms with Gasteiger partial charge in [0.05, 0.1) is 25.3 Å². The van der Waals surface area contributed by atoms with E-state index in [0.717, 1.165) is 37.6 Å². The number of hydrogen-bond acceptors (Lipinski definition) is 5. The van der Waals surface area contributed by atoms with Crippen molar-refractivity contribution in [2.24, 2.45) is 0 Å².